The number of hydrogen-bond acceptors (Lipinski definition) is 5. The second-order valence-electron chi connectivity index (χ2n) is 6.31. The van der Waals surface area contributed by atoms with Crippen molar-refractivity contribution in [2.75, 3.05) is 4.90 Å². The standard InChI is InChI=1S/C20H22N2O6/c21-16(19(25)26)10-11-18(24)22(14-4-2-1-3-5-14)17(20(27)28)12-13-6-8-15(23)9-7-13/h1-9,16-17,23H,10-12,21H2,(H,25,26)(H,27,28). The summed E-state index contributed by atoms with van der Waals surface area (Å²) >= 11 is 0. The molecule has 2 unspecified atom stereocenters. The average molecular weight is 386 g/mol. The van der Waals surface area contributed by atoms with E-state index < -0.39 is 29.9 Å². The minimum Gasteiger partial charge on any atom is -0.508 e. The number of carboxylic acid groups (broad SMARTS) is 2. The summed E-state index contributed by atoms with van der Waals surface area (Å²) in [7, 11) is 0. The lowest BCUT2D eigenvalue weighted by atomic mass is 10.0. The summed E-state index contributed by atoms with van der Waals surface area (Å²) in [4.78, 5) is 36.9. The fraction of sp³-hybridized carbons (Fsp3) is 0.250. The number of phenols is 1. The Morgan fingerprint density at radius 3 is 2.07 bits per heavy atom. The lowest BCUT2D eigenvalue weighted by molar-refractivity contribution is -0.141. The second-order valence-corrected chi connectivity index (χ2v) is 6.31. The third-order valence-corrected chi connectivity index (χ3v) is 4.25. The number of nitrogens with two attached hydrogens (primary N) is 1. The van der Waals surface area contributed by atoms with Crippen molar-refractivity contribution >= 4 is 23.5 Å². The van der Waals surface area contributed by atoms with Crippen LogP contribution < -0.4 is 10.6 Å². The maximum Gasteiger partial charge on any atom is 0.327 e. The van der Waals surface area contributed by atoms with Gasteiger partial charge in [0, 0.05) is 18.5 Å². The van der Waals surface area contributed by atoms with Crippen LogP contribution in [0.1, 0.15) is 18.4 Å². The lowest BCUT2D eigenvalue weighted by Crippen LogP contribution is -2.47. The molecule has 1 amide bonds. The molecule has 0 heterocycles. The first kappa shape index (κ1) is 20.9. The molecule has 2 aromatic carbocycles. The summed E-state index contributed by atoms with van der Waals surface area (Å²) in [5, 5.41) is 28.1. The Balaban J connectivity index is 2.31. The molecule has 0 fully saturated rings. The van der Waals surface area contributed by atoms with Gasteiger partial charge in [-0.05, 0) is 36.2 Å². The van der Waals surface area contributed by atoms with E-state index in [9.17, 15) is 24.6 Å². The minimum atomic E-state index is -1.22. The smallest absolute Gasteiger partial charge is 0.327 e. The first-order valence-corrected chi connectivity index (χ1v) is 8.65. The predicted octanol–water partition coefficient (Wildman–Crippen LogP) is 1.61. The van der Waals surface area contributed by atoms with Crippen molar-refractivity contribution in [3.05, 3.63) is 60.2 Å². The molecule has 0 radical (unpaired) electrons. The lowest BCUT2D eigenvalue weighted by Gasteiger charge is -2.29. The normalized spacial score (nSPS) is 12.8. The largest absolute Gasteiger partial charge is 0.508 e. The number of rotatable bonds is 9. The molecule has 2 aromatic rings. The zero-order chi connectivity index (χ0) is 20.7. The van der Waals surface area contributed by atoms with E-state index >= 15 is 0 Å². The maximum absolute atomic E-state index is 12.8. The van der Waals surface area contributed by atoms with Crippen molar-refractivity contribution in [2.24, 2.45) is 5.73 Å². The SMILES string of the molecule is NC(CCC(=O)N(c1ccccc1)C(Cc1ccc(O)cc1)C(=O)O)C(=O)O. The van der Waals surface area contributed by atoms with Crippen LogP contribution in [0.5, 0.6) is 5.75 Å². The molecule has 0 aliphatic rings. The van der Waals surface area contributed by atoms with Gasteiger partial charge in [-0.25, -0.2) is 4.79 Å². The first-order valence-electron chi connectivity index (χ1n) is 8.65. The van der Waals surface area contributed by atoms with Gasteiger partial charge in [0.05, 0.1) is 0 Å². The van der Waals surface area contributed by atoms with E-state index in [1.165, 1.54) is 12.1 Å². The van der Waals surface area contributed by atoms with Gasteiger partial charge in [-0.15, -0.1) is 0 Å². The van der Waals surface area contributed by atoms with E-state index in [4.69, 9.17) is 10.8 Å². The van der Waals surface area contributed by atoms with E-state index in [0.29, 0.717) is 11.3 Å². The number of hydrogen-bond donors (Lipinski definition) is 4. The monoisotopic (exact) mass is 386 g/mol. The number of phenolic OH excluding ortho intramolecular Hbond substituents is 1. The van der Waals surface area contributed by atoms with Crippen LogP contribution in [0, 0.1) is 0 Å². The summed E-state index contributed by atoms with van der Waals surface area (Å²) in [5.41, 5.74) is 6.48. The number of aliphatic carboxylic acids is 2. The molecule has 0 aliphatic carbocycles. The molecule has 0 aromatic heterocycles. The molecule has 8 nitrogen and oxygen atoms in total. The van der Waals surface area contributed by atoms with Gasteiger partial charge in [-0.2, -0.15) is 0 Å². The molecule has 0 saturated heterocycles. The van der Waals surface area contributed by atoms with Crippen LogP contribution >= 0.6 is 0 Å². The summed E-state index contributed by atoms with van der Waals surface area (Å²) in [5.74, 6) is -2.91. The number of aromatic hydroxyl groups is 1. The summed E-state index contributed by atoms with van der Waals surface area (Å²) in [6.45, 7) is 0. The molecule has 148 valence electrons. The molecule has 0 bridgehead atoms. The average Bonchev–Trinajstić information content (AvgIpc) is 2.67. The molecule has 0 saturated carbocycles. The second kappa shape index (κ2) is 9.52. The van der Waals surface area contributed by atoms with Crippen LogP contribution in [0.15, 0.2) is 54.6 Å². The molecule has 28 heavy (non-hydrogen) atoms. The summed E-state index contributed by atoms with van der Waals surface area (Å²) < 4.78 is 0. The number of para-hydroxylation sites is 1. The third kappa shape index (κ3) is 5.55. The molecular weight excluding hydrogens is 364 g/mol. The van der Waals surface area contributed by atoms with Gasteiger partial charge in [0.1, 0.15) is 17.8 Å². The van der Waals surface area contributed by atoms with Crippen LogP contribution in [0.4, 0.5) is 5.69 Å². The van der Waals surface area contributed by atoms with Crippen molar-refractivity contribution in [2.45, 2.75) is 31.3 Å². The van der Waals surface area contributed by atoms with Crippen LogP contribution in [0.25, 0.3) is 0 Å². The Labute approximate surface area is 161 Å². The van der Waals surface area contributed by atoms with Gasteiger partial charge >= 0.3 is 11.9 Å². The maximum atomic E-state index is 12.8. The number of amides is 1. The fourth-order valence-corrected chi connectivity index (χ4v) is 2.75. The van der Waals surface area contributed by atoms with Crippen LogP contribution in [0.2, 0.25) is 0 Å². The quantitative estimate of drug-likeness (QED) is 0.513. The third-order valence-electron chi connectivity index (χ3n) is 4.25. The molecule has 2 atom stereocenters. The van der Waals surface area contributed by atoms with Gasteiger partial charge in [-0.1, -0.05) is 30.3 Å². The van der Waals surface area contributed by atoms with Gasteiger partial charge in [0.25, 0.3) is 0 Å². The van der Waals surface area contributed by atoms with Crippen LogP contribution in [-0.4, -0.2) is 45.2 Å². The van der Waals surface area contributed by atoms with Crippen molar-refractivity contribution < 1.29 is 29.7 Å². The minimum absolute atomic E-state index is 0.0151. The molecule has 8 heteroatoms. The molecule has 0 aliphatic heterocycles. The molecule has 2 rings (SSSR count). The van der Waals surface area contributed by atoms with Gasteiger partial charge < -0.3 is 21.1 Å². The number of carbonyl (C=O) groups is 3. The fourth-order valence-electron chi connectivity index (χ4n) is 2.75. The van der Waals surface area contributed by atoms with Gasteiger partial charge in [0.2, 0.25) is 5.91 Å². The molecule has 0 spiro atoms. The highest BCUT2D eigenvalue weighted by Gasteiger charge is 2.31. The Morgan fingerprint density at radius 1 is 0.929 bits per heavy atom. The van der Waals surface area contributed by atoms with Crippen LogP contribution in [-0.2, 0) is 20.8 Å². The van der Waals surface area contributed by atoms with E-state index in [-0.39, 0.29) is 25.0 Å². The number of nitrogens with zero attached hydrogens (tertiary/aromatic N) is 1. The summed E-state index contributed by atoms with van der Waals surface area (Å²) in [6.07, 6.45) is -0.300. The first-order chi connectivity index (χ1) is 13.3. The van der Waals surface area contributed by atoms with Crippen molar-refractivity contribution in [3.8, 4) is 5.75 Å². The van der Waals surface area contributed by atoms with Crippen molar-refractivity contribution in [1.29, 1.82) is 0 Å². The number of anilines is 1. The van der Waals surface area contributed by atoms with E-state index in [2.05, 4.69) is 0 Å². The van der Waals surface area contributed by atoms with Gasteiger partial charge in [0.15, 0.2) is 0 Å². The Bertz CT molecular complexity index is 822. The van der Waals surface area contributed by atoms with Crippen LogP contribution in [0.3, 0.4) is 0 Å². The van der Waals surface area contributed by atoms with E-state index in [0.717, 1.165) is 4.90 Å². The van der Waals surface area contributed by atoms with Crippen molar-refractivity contribution in [1.82, 2.24) is 0 Å². The highest BCUT2D eigenvalue weighted by atomic mass is 16.4. The Morgan fingerprint density at radius 2 is 1.54 bits per heavy atom. The Kier molecular flexibility index (Phi) is 7.11. The van der Waals surface area contributed by atoms with Crippen molar-refractivity contribution in [3.63, 3.8) is 0 Å². The topological polar surface area (TPSA) is 141 Å². The van der Waals surface area contributed by atoms with E-state index in [1.807, 2.05) is 0 Å². The zero-order valence-corrected chi connectivity index (χ0v) is 15.1. The zero-order valence-electron chi connectivity index (χ0n) is 15.1. The van der Waals surface area contributed by atoms with E-state index in [1.54, 1.807) is 42.5 Å². The number of carbonyl (C=O) groups excluding carboxylic acids is 1. The number of carboxylic acids is 2. The predicted molar refractivity (Wildman–Crippen MR) is 102 cm³/mol. The summed E-state index contributed by atoms with van der Waals surface area (Å²) in [6, 6.07) is 12.0. The van der Waals surface area contributed by atoms with Gasteiger partial charge in [-0.3, -0.25) is 14.5 Å². The number of benzene rings is 2. The highest BCUT2D eigenvalue weighted by Crippen LogP contribution is 2.22. The highest BCUT2D eigenvalue weighted by molar-refractivity contribution is 5.99. The molecular formula is C20H22N2O6. The molecule has 5 N–H and O–H groups in total. The Hall–Kier alpha value is -3.39.